The quantitative estimate of drug-likeness (QED) is 0.886. The first-order chi connectivity index (χ1) is 8.93. The Morgan fingerprint density at radius 1 is 1.21 bits per heavy atom. The summed E-state index contributed by atoms with van der Waals surface area (Å²) in [7, 11) is 1.30. The van der Waals surface area contributed by atoms with E-state index >= 15 is 0 Å². The van der Waals surface area contributed by atoms with E-state index in [-0.39, 0.29) is 0 Å². The minimum atomic E-state index is -4.47. The van der Waals surface area contributed by atoms with Crippen LogP contribution in [0.5, 0.6) is 0 Å². The van der Waals surface area contributed by atoms with E-state index in [1.807, 2.05) is 13.8 Å². The summed E-state index contributed by atoms with van der Waals surface area (Å²) in [4.78, 5) is 11.0. The average molecular weight is 276 g/mol. The molecule has 3 nitrogen and oxygen atoms in total. The Labute approximate surface area is 111 Å². The van der Waals surface area contributed by atoms with E-state index in [0.717, 1.165) is 0 Å². The van der Waals surface area contributed by atoms with Crippen molar-refractivity contribution in [3.8, 4) is 0 Å². The van der Waals surface area contributed by atoms with Gasteiger partial charge in [0.05, 0.1) is 6.42 Å². The van der Waals surface area contributed by atoms with E-state index in [4.69, 9.17) is 0 Å². The summed E-state index contributed by atoms with van der Waals surface area (Å²) in [6, 6.07) is 6.09. The molecule has 0 saturated carbocycles. The number of hydrogen-bond donors (Lipinski definition) is 2. The minimum absolute atomic E-state index is 0.332. The molecule has 6 heteroatoms. The summed E-state index contributed by atoms with van der Waals surface area (Å²) < 4.78 is 38.0. The van der Waals surface area contributed by atoms with Gasteiger partial charge in [-0.15, -0.1) is 0 Å². The molecule has 0 radical (unpaired) electrons. The standard InChI is InChI=1S/C11H13F3N2O.C2H6/c1-15-10(17)7-9(11(12,13)14)16-8-5-3-2-4-6-8;1-2/h2-6,9,16H,7H2,1H3,(H,15,17);1-2H3. The van der Waals surface area contributed by atoms with Crippen LogP contribution in [0.2, 0.25) is 0 Å². The number of halogens is 3. The Morgan fingerprint density at radius 2 is 1.74 bits per heavy atom. The zero-order valence-corrected chi connectivity index (χ0v) is 11.2. The van der Waals surface area contributed by atoms with Crippen LogP contribution in [0.25, 0.3) is 0 Å². The number of para-hydroxylation sites is 1. The van der Waals surface area contributed by atoms with Gasteiger partial charge in [0.25, 0.3) is 0 Å². The Hall–Kier alpha value is -1.72. The monoisotopic (exact) mass is 276 g/mol. The lowest BCUT2D eigenvalue weighted by Gasteiger charge is -2.21. The lowest BCUT2D eigenvalue weighted by atomic mass is 10.1. The van der Waals surface area contributed by atoms with Gasteiger partial charge in [-0.05, 0) is 12.1 Å². The molecule has 108 valence electrons. The number of nitrogens with one attached hydrogen (secondary N) is 2. The zero-order chi connectivity index (χ0) is 14.9. The van der Waals surface area contributed by atoms with Gasteiger partial charge in [-0.25, -0.2) is 0 Å². The second-order valence-electron chi connectivity index (χ2n) is 3.48. The predicted octanol–water partition coefficient (Wildman–Crippen LogP) is 3.19. The van der Waals surface area contributed by atoms with Crippen molar-refractivity contribution in [2.24, 2.45) is 0 Å². The molecule has 0 saturated heterocycles. The fraction of sp³-hybridized carbons (Fsp3) is 0.462. The second-order valence-corrected chi connectivity index (χ2v) is 3.48. The molecule has 1 rings (SSSR count). The highest BCUT2D eigenvalue weighted by Crippen LogP contribution is 2.25. The number of rotatable bonds is 4. The molecule has 0 fully saturated rings. The van der Waals surface area contributed by atoms with Crippen LogP contribution in [0, 0.1) is 0 Å². The number of alkyl halides is 3. The maximum Gasteiger partial charge on any atom is 0.409 e. The Bertz CT molecular complexity index is 366. The fourth-order valence-corrected chi connectivity index (χ4v) is 1.27. The minimum Gasteiger partial charge on any atom is -0.374 e. The van der Waals surface area contributed by atoms with Gasteiger partial charge in [0.1, 0.15) is 6.04 Å². The third-order valence-electron chi connectivity index (χ3n) is 2.18. The number of amides is 1. The molecule has 1 atom stereocenters. The van der Waals surface area contributed by atoms with E-state index in [9.17, 15) is 18.0 Å². The number of carbonyl (C=O) groups excluding carboxylic acids is 1. The highest BCUT2D eigenvalue weighted by Gasteiger charge is 2.40. The molecular formula is C13H19F3N2O. The zero-order valence-electron chi connectivity index (χ0n) is 11.2. The second kappa shape index (κ2) is 8.39. The smallest absolute Gasteiger partial charge is 0.374 e. The van der Waals surface area contributed by atoms with Gasteiger partial charge in [0.2, 0.25) is 5.91 Å². The van der Waals surface area contributed by atoms with Crippen LogP contribution in [0.15, 0.2) is 30.3 Å². The van der Waals surface area contributed by atoms with E-state index < -0.39 is 24.5 Å². The molecule has 0 aliphatic rings. The van der Waals surface area contributed by atoms with Crippen molar-refractivity contribution in [3.05, 3.63) is 30.3 Å². The lowest BCUT2D eigenvalue weighted by molar-refractivity contribution is -0.150. The van der Waals surface area contributed by atoms with Crippen molar-refractivity contribution in [2.45, 2.75) is 32.5 Å². The number of anilines is 1. The molecular weight excluding hydrogens is 257 g/mol. The number of hydrogen-bond acceptors (Lipinski definition) is 2. The molecule has 0 aliphatic carbocycles. The third kappa shape index (κ3) is 6.69. The summed E-state index contributed by atoms with van der Waals surface area (Å²) in [6.45, 7) is 4.00. The van der Waals surface area contributed by atoms with Crippen LogP contribution in [0.4, 0.5) is 18.9 Å². The third-order valence-corrected chi connectivity index (χ3v) is 2.18. The molecule has 0 aliphatic heterocycles. The molecule has 0 spiro atoms. The van der Waals surface area contributed by atoms with Crippen molar-refractivity contribution in [2.75, 3.05) is 12.4 Å². The average Bonchev–Trinajstić information content (AvgIpc) is 2.40. The van der Waals surface area contributed by atoms with Gasteiger partial charge in [-0.3, -0.25) is 4.79 Å². The lowest BCUT2D eigenvalue weighted by Crippen LogP contribution is -2.40. The van der Waals surface area contributed by atoms with Crippen LogP contribution < -0.4 is 10.6 Å². The van der Waals surface area contributed by atoms with E-state index in [1.54, 1.807) is 18.2 Å². The van der Waals surface area contributed by atoms with Crippen molar-refractivity contribution in [1.29, 1.82) is 0 Å². The number of benzene rings is 1. The van der Waals surface area contributed by atoms with Crippen molar-refractivity contribution in [3.63, 3.8) is 0 Å². The molecule has 1 unspecified atom stereocenters. The highest BCUT2D eigenvalue weighted by atomic mass is 19.4. The van der Waals surface area contributed by atoms with Crippen molar-refractivity contribution >= 4 is 11.6 Å². The summed E-state index contributed by atoms with van der Waals surface area (Å²) >= 11 is 0. The van der Waals surface area contributed by atoms with Crippen LogP contribution in [0.3, 0.4) is 0 Å². The van der Waals surface area contributed by atoms with Gasteiger partial charge in [0, 0.05) is 12.7 Å². The number of carbonyl (C=O) groups is 1. The SMILES string of the molecule is CC.CNC(=O)CC(Nc1ccccc1)C(F)(F)F. The molecule has 19 heavy (non-hydrogen) atoms. The van der Waals surface area contributed by atoms with Gasteiger partial charge in [-0.2, -0.15) is 13.2 Å². The normalized spacial score (nSPS) is 11.9. The first kappa shape index (κ1) is 17.3. The molecule has 1 aromatic carbocycles. The first-order valence-electron chi connectivity index (χ1n) is 6.02. The van der Waals surface area contributed by atoms with E-state index in [2.05, 4.69) is 10.6 Å². The van der Waals surface area contributed by atoms with Crippen molar-refractivity contribution < 1.29 is 18.0 Å². The molecule has 2 N–H and O–H groups in total. The molecule has 1 aromatic rings. The molecule has 0 bridgehead atoms. The van der Waals surface area contributed by atoms with Crippen LogP contribution in [0.1, 0.15) is 20.3 Å². The maximum absolute atomic E-state index is 12.7. The molecule has 1 amide bonds. The van der Waals surface area contributed by atoms with E-state index in [0.29, 0.717) is 5.69 Å². The van der Waals surface area contributed by atoms with Crippen LogP contribution >= 0.6 is 0 Å². The van der Waals surface area contributed by atoms with E-state index in [1.165, 1.54) is 19.2 Å². The Morgan fingerprint density at radius 3 is 2.16 bits per heavy atom. The van der Waals surface area contributed by atoms with Gasteiger partial charge < -0.3 is 10.6 Å². The predicted molar refractivity (Wildman–Crippen MR) is 69.9 cm³/mol. The summed E-state index contributed by atoms with van der Waals surface area (Å²) in [5, 5.41) is 4.47. The molecule has 0 aromatic heterocycles. The largest absolute Gasteiger partial charge is 0.409 e. The topological polar surface area (TPSA) is 41.1 Å². The summed E-state index contributed by atoms with van der Waals surface area (Å²) in [5.41, 5.74) is 0.332. The van der Waals surface area contributed by atoms with Gasteiger partial charge >= 0.3 is 6.18 Å². The van der Waals surface area contributed by atoms with Crippen LogP contribution in [-0.4, -0.2) is 25.2 Å². The fourth-order valence-electron chi connectivity index (χ4n) is 1.27. The summed E-state index contributed by atoms with van der Waals surface area (Å²) in [5.74, 6) is -0.657. The van der Waals surface area contributed by atoms with Crippen molar-refractivity contribution in [1.82, 2.24) is 5.32 Å². The Balaban J connectivity index is 0.00000154. The maximum atomic E-state index is 12.7. The first-order valence-corrected chi connectivity index (χ1v) is 6.02. The van der Waals surface area contributed by atoms with Crippen LogP contribution in [-0.2, 0) is 4.79 Å². The Kier molecular flexibility index (Phi) is 7.63. The van der Waals surface area contributed by atoms with Gasteiger partial charge in [0.15, 0.2) is 0 Å². The summed E-state index contributed by atoms with van der Waals surface area (Å²) in [6.07, 6.45) is -5.11. The highest BCUT2D eigenvalue weighted by molar-refractivity contribution is 5.76. The molecule has 0 heterocycles. The van der Waals surface area contributed by atoms with Gasteiger partial charge in [-0.1, -0.05) is 32.0 Å².